The molecule has 5 heteroatoms. The number of rotatable bonds is 10. The van der Waals surface area contributed by atoms with E-state index in [2.05, 4.69) is 19.2 Å². The minimum absolute atomic E-state index is 0.00383. The number of nitrogens with two attached hydrogens (primary N) is 1. The molecule has 0 saturated heterocycles. The van der Waals surface area contributed by atoms with Crippen LogP contribution in [-0.4, -0.2) is 32.3 Å². The molecule has 0 fully saturated rings. The highest BCUT2D eigenvalue weighted by atomic mass is 16.5. The van der Waals surface area contributed by atoms with Gasteiger partial charge in [0.15, 0.2) is 6.61 Å². The Morgan fingerprint density at radius 1 is 1.33 bits per heavy atom. The highest BCUT2D eigenvalue weighted by molar-refractivity contribution is 5.77. The normalized spacial score (nSPS) is 10.7. The van der Waals surface area contributed by atoms with Gasteiger partial charge in [-0.1, -0.05) is 32.0 Å². The van der Waals surface area contributed by atoms with Crippen molar-refractivity contribution in [2.24, 2.45) is 11.7 Å². The van der Waals surface area contributed by atoms with E-state index < -0.39 is 0 Å². The van der Waals surface area contributed by atoms with E-state index in [0.717, 1.165) is 18.6 Å². The quantitative estimate of drug-likeness (QED) is 0.644. The lowest BCUT2D eigenvalue weighted by Crippen LogP contribution is -2.30. The zero-order valence-electron chi connectivity index (χ0n) is 12.9. The standard InChI is InChI=1S/C16H26N2O3/c1-13(2)11-20-9-5-8-18-16(19)12-21-15-7-4-3-6-14(15)10-17/h3-4,6-7,13H,5,8-12,17H2,1-2H3,(H,18,19). The molecule has 1 amide bonds. The maximum Gasteiger partial charge on any atom is 0.257 e. The molecule has 0 aliphatic rings. The lowest BCUT2D eigenvalue weighted by atomic mass is 10.2. The average molecular weight is 294 g/mol. The van der Waals surface area contributed by atoms with Crippen LogP contribution in [0.15, 0.2) is 24.3 Å². The average Bonchev–Trinajstić information content (AvgIpc) is 2.48. The van der Waals surface area contributed by atoms with Crippen molar-refractivity contribution in [1.82, 2.24) is 5.32 Å². The number of amides is 1. The van der Waals surface area contributed by atoms with Crippen molar-refractivity contribution in [2.45, 2.75) is 26.8 Å². The summed E-state index contributed by atoms with van der Waals surface area (Å²) in [5, 5.41) is 2.80. The first-order valence-corrected chi connectivity index (χ1v) is 7.38. The van der Waals surface area contributed by atoms with Crippen molar-refractivity contribution in [3.63, 3.8) is 0 Å². The van der Waals surface area contributed by atoms with E-state index in [1.807, 2.05) is 24.3 Å². The molecular weight excluding hydrogens is 268 g/mol. The van der Waals surface area contributed by atoms with E-state index >= 15 is 0 Å². The van der Waals surface area contributed by atoms with Gasteiger partial charge in [-0.2, -0.15) is 0 Å². The van der Waals surface area contributed by atoms with Gasteiger partial charge in [0.2, 0.25) is 0 Å². The number of carbonyl (C=O) groups is 1. The van der Waals surface area contributed by atoms with Crippen molar-refractivity contribution in [2.75, 3.05) is 26.4 Å². The summed E-state index contributed by atoms with van der Waals surface area (Å²) in [6, 6.07) is 7.46. The number of ether oxygens (including phenoxy) is 2. The summed E-state index contributed by atoms with van der Waals surface area (Å²) in [7, 11) is 0. The molecule has 0 bridgehead atoms. The van der Waals surface area contributed by atoms with Gasteiger partial charge < -0.3 is 20.5 Å². The van der Waals surface area contributed by atoms with Gasteiger partial charge in [-0.25, -0.2) is 0 Å². The molecule has 0 heterocycles. The van der Waals surface area contributed by atoms with Crippen LogP contribution in [0, 0.1) is 5.92 Å². The predicted molar refractivity (Wildman–Crippen MR) is 83.1 cm³/mol. The smallest absolute Gasteiger partial charge is 0.257 e. The Kier molecular flexibility index (Phi) is 8.47. The van der Waals surface area contributed by atoms with E-state index in [1.165, 1.54) is 0 Å². The Morgan fingerprint density at radius 3 is 2.81 bits per heavy atom. The van der Waals surface area contributed by atoms with Gasteiger partial charge in [0.1, 0.15) is 5.75 Å². The van der Waals surface area contributed by atoms with Crippen molar-refractivity contribution in [3.05, 3.63) is 29.8 Å². The monoisotopic (exact) mass is 294 g/mol. The van der Waals surface area contributed by atoms with Crippen LogP contribution in [0.2, 0.25) is 0 Å². The number of hydrogen-bond acceptors (Lipinski definition) is 4. The van der Waals surface area contributed by atoms with E-state index in [0.29, 0.717) is 31.4 Å². The molecule has 1 rings (SSSR count). The number of carbonyl (C=O) groups excluding carboxylic acids is 1. The number of benzene rings is 1. The molecule has 3 N–H and O–H groups in total. The number of para-hydroxylation sites is 1. The highest BCUT2D eigenvalue weighted by Gasteiger charge is 2.05. The second kappa shape index (κ2) is 10.2. The largest absolute Gasteiger partial charge is 0.483 e. The molecule has 0 saturated carbocycles. The Labute approximate surface area is 126 Å². The maximum atomic E-state index is 11.6. The Balaban J connectivity index is 2.14. The number of hydrogen-bond donors (Lipinski definition) is 2. The van der Waals surface area contributed by atoms with Gasteiger partial charge in [0.05, 0.1) is 0 Å². The highest BCUT2D eigenvalue weighted by Crippen LogP contribution is 2.16. The van der Waals surface area contributed by atoms with Crippen molar-refractivity contribution >= 4 is 5.91 Å². The fourth-order valence-corrected chi connectivity index (χ4v) is 1.73. The maximum absolute atomic E-state index is 11.6. The third kappa shape index (κ3) is 7.68. The van der Waals surface area contributed by atoms with Crippen molar-refractivity contribution in [3.8, 4) is 5.75 Å². The summed E-state index contributed by atoms with van der Waals surface area (Å²) < 4.78 is 10.9. The SMILES string of the molecule is CC(C)COCCCNC(=O)COc1ccccc1CN. The van der Waals surface area contributed by atoms with Gasteiger partial charge in [-0.15, -0.1) is 0 Å². The summed E-state index contributed by atoms with van der Waals surface area (Å²) in [6.45, 7) is 6.63. The lowest BCUT2D eigenvalue weighted by molar-refractivity contribution is -0.123. The van der Waals surface area contributed by atoms with Crippen LogP contribution in [0.1, 0.15) is 25.8 Å². The van der Waals surface area contributed by atoms with Crippen LogP contribution in [-0.2, 0) is 16.1 Å². The van der Waals surface area contributed by atoms with Crippen LogP contribution in [0.4, 0.5) is 0 Å². The van der Waals surface area contributed by atoms with Crippen LogP contribution >= 0.6 is 0 Å². The fourth-order valence-electron chi connectivity index (χ4n) is 1.73. The summed E-state index contributed by atoms with van der Waals surface area (Å²) in [5.74, 6) is 1.07. The first-order valence-electron chi connectivity index (χ1n) is 7.38. The molecule has 1 aromatic rings. The molecule has 0 aliphatic carbocycles. The van der Waals surface area contributed by atoms with Crippen LogP contribution < -0.4 is 15.8 Å². The van der Waals surface area contributed by atoms with Crippen LogP contribution in [0.5, 0.6) is 5.75 Å². The number of nitrogens with one attached hydrogen (secondary N) is 1. The molecule has 118 valence electrons. The summed E-state index contributed by atoms with van der Waals surface area (Å²) in [4.78, 5) is 11.6. The molecular formula is C16H26N2O3. The lowest BCUT2D eigenvalue weighted by Gasteiger charge is -2.10. The Morgan fingerprint density at radius 2 is 2.10 bits per heavy atom. The zero-order chi connectivity index (χ0) is 15.5. The summed E-state index contributed by atoms with van der Waals surface area (Å²) in [5.41, 5.74) is 6.51. The fraction of sp³-hybridized carbons (Fsp3) is 0.562. The molecule has 21 heavy (non-hydrogen) atoms. The zero-order valence-corrected chi connectivity index (χ0v) is 12.9. The molecule has 1 aromatic carbocycles. The summed E-state index contributed by atoms with van der Waals surface area (Å²) >= 11 is 0. The van der Waals surface area contributed by atoms with Gasteiger partial charge in [0, 0.05) is 31.9 Å². The second-order valence-corrected chi connectivity index (χ2v) is 5.27. The van der Waals surface area contributed by atoms with Crippen LogP contribution in [0.3, 0.4) is 0 Å². The topological polar surface area (TPSA) is 73.6 Å². The van der Waals surface area contributed by atoms with Gasteiger partial charge >= 0.3 is 0 Å². The molecule has 0 unspecified atom stereocenters. The van der Waals surface area contributed by atoms with Crippen molar-refractivity contribution in [1.29, 1.82) is 0 Å². The molecule has 0 atom stereocenters. The molecule has 0 radical (unpaired) electrons. The second-order valence-electron chi connectivity index (χ2n) is 5.27. The van der Waals surface area contributed by atoms with Crippen molar-refractivity contribution < 1.29 is 14.3 Å². The van der Waals surface area contributed by atoms with E-state index in [1.54, 1.807) is 0 Å². The minimum Gasteiger partial charge on any atom is -0.483 e. The summed E-state index contributed by atoms with van der Waals surface area (Å²) in [6.07, 6.45) is 0.803. The molecule has 0 aromatic heterocycles. The van der Waals surface area contributed by atoms with Gasteiger partial charge in [-0.3, -0.25) is 4.79 Å². The Hall–Kier alpha value is -1.59. The predicted octanol–water partition coefficient (Wildman–Crippen LogP) is 1.70. The molecule has 5 nitrogen and oxygen atoms in total. The molecule has 0 aliphatic heterocycles. The van der Waals surface area contributed by atoms with Gasteiger partial charge in [0.25, 0.3) is 5.91 Å². The third-order valence-electron chi connectivity index (χ3n) is 2.79. The first-order chi connectivity index (χ1) is 10.1. The van der Waals surface area contributed by atoms with E-state index in [-0.39, 0.29) is 12.5 Å². The van der Waals surface area contributed by atoms with E-state index in [9.17, 15) is 4.79 Å². The minimum atomic E-state index is -0.134. The van der Waals surface area contributed by atoms with Gasteiger partial charge in [-0.05, 0) is 18.4 Å². The third-order valence-corrected chi connectivity index (χ3v) is 2.79. The molecule has 0 spiro atoms. The Bertz CT molecular complexity index is 422. The van der Waals surface area contributed by atoms with E-state index in [4.69, 9.17) is 15.2 Å². The van der Waals surface area contributed by atoms with Crippen LogP contribution in [0.25, 0.3) is 0 Å². The first kappa shape index (κ1) is 17.5.